The molecule has 0 atom stereocenters. The molecule has 1 fully saturated rings. The maximum atomic E-state index is 5.68. The Morgan fingerprint density at radius 1 is 1.31 bits per heavy atom. The van der Waals surface area contributed by atoms with Crippen LogP contribution >= 0.6 is 0 Å². The molecule has 1 saturated heterocycles. The van der Waals surface area contributed by atoms with Crippen molar-refractivity contribution in [2.75, 3.05) is 26.2 Å². The van der Waals surface area contributed by atoms with Gasteiger partial charge in [-0.15, -0.1) is 0 Å². The molecule has 0 aromatic heterocycles. The van der Waals surface area contributed by atoms with Gasteiger partial charge in [0.05, 0.1) is 0 Å². The molecule has 0 amide bonds. The van der Waals surface area contributed by atoms with Gasteiger partial charge in [-0.25, -0.2) is 0 Å². The fourth-order valence-corrected chi connectivity index (χ4v) is 1.33. The van der Waals surface area contributed by atoms with E-state index in [2.05, 4.69) is 16.8 Å². The first-order chi connectivity index (χ1) is 5.99. The van der Waals surface area contributed by atoms with Gasteiger partial charge in [0.2, 0.25) is 0 Å². The molecule has 1 aliphatic heterocycles. The molecule has 13 heavy (non-hydrogen) atoms. The highest BCUT2D eigenvalue weighted by molar-refractivity contribution is 4.88. The summed E-state index contributed by atoms with van der Waals surface area (Å²) in [4.78, 5) is 2.18. The zero-order valence-corrected chi connectivity index (χ0v) is 8.89. The lowest BCUT2D eigenvalue weighted by molar-refractivity contribution is 0.000172. The lowest BCUT2D eigenvalue weighted by Gasteiger charge is -2.34. The monoisotopic (exact) mass is 184 g/mol. The number of rotatable bonds is 2. The maximum absolute atomic E-state index is 5.68. The van der Waals surface area contributed by atoms with Crippen molar-refractivity contribution < 1.29 is 4.74 Å². The van der Waals surface area contributed by atoms with E-state index in [0.29, 0.717) is 0 Å². The predicted molar refractivity (Wildman–Crippen MR) is 54.4 cm³/mol. The molecule has 0 unspecified atom stereocenters. The molecule has 0 spiro atoms. The Morgan fingerprint density at radius 3 is 2.31 bits per heavy atom. The van der Waals surface area contributed by atoms with Crippen molar-refractivity contribution in [3.63, 3.8) is 0 Å². The summed E-state index contributed by atoms with van der Waals surface area (Å²) in [6.07, 6.45) is 0. The van der Waals surface area contributed by atoms with Crippen LogP contribution in [-0.4, -0.2) is 36.7 Å². The van der Waals surface area contributed by atoms with E-state index >= 15 is 0 Å². The van der Waals surface area contributed by atoms with E-state index in [1.54, 1.807) is 0 Å². The molecule has 3 nitrogen and oxygen atoms in total. The number of nitrogens with one attached hydrogen (secondary N) is 1. The average molecular weight is 184 g/mol. The van der Waals surface area contributed by atoms with Crippen LogP contribution in [0.1, 0.15) is 20.8 Å². The smallest absolute Gasteiger partial charge is 0.182 e. The van der Waals surface area contributed by atoms with Gasteiger partial charge >= 0.3 is 0 Å². The van der Waals surface area contributed by atoms with Crippen LogP contribution in [0.2, 0.25) is 0 Å². The fourth-order valence-electron chi connectivity index (χ4n) is 1.33. The molecule has 0 radical (unpaired) electrons. The van der Waals surface area contributed by atoms with Gasteiger partial charge in [0, 0.05) is 26.2 Å². The fraction of sp³-hybridized carbons (Fsp3) is 0.800. The van der Waals surface area contributed by atoms with Crippen molar-refractivity contribution in [3.05, 3.63) is 12.5 Å². The second-order valence-corrected chi connectivity index (χ2v) is 4.35. The topological polar surface area (TPSA) is 24.5 Å². The van der Waals surface area contributed by atoms with Crippen molar-refractivity contribution in [2.45, 2.75) is 26.4 Å². The minimum Gasteiger partial charge on any atom is -0.474 e. The number of nitrogens with zero attached hydrogens (tertiary/aromatic N) is 1. The Hall–Kier alpha value is -0.700. The van der Waals surface area contributed by atoms with E-state index < -0.39 is 0 Å². The van der Waals surface area contributed by atoms with Gasteiger partial charge in [-0.2, -0.15) is 0 Å². The molecule has 3 heteroatoms. The lowest BCUT2D eigenvalue weighted by atomic mass is 10.2. The van der Waals surface area contributed by atoms with Crippen molar-refractivity contribution in [1.29, 1.82) is 0 Å². The van der Waals surface area contributed by atoms with Crippen LogP contribution in [0.15, 0.2) is 12.5 Å². The summed E-state index contributed by atoms with van der Waals surface area (Å²) in [5, 5.41) is 3.29. The Balaban J connectivity index is 2.38. The zero-order valence-electron chi connectivity index (χ0n) is 8.89. The quantitative estimate of drug-likeness (QED) is 0.652. The second-order valence-electron chi connectivity index (χ2n) is 4.35. The largest absolute Gasteiger partial charge is 0.474 e. The predicted octanol–water partition coefficient (Wildman–Crippen LogP) is 1.18. The Labute approximate surface area is 80.8 Å². The van der Waals surface area contributed by atoms with E-state index in [4.69, 9.17) is 4.74 Å². The van der Waals surface area contributed by atoms with Crippen LogP contribution in [0.4, 0.5) is 0 Å². The standard InChI is InChI=1S/C10H20N2O/c1-9(13-10(2,3)4)12-7-5-11-6-8-12/h11H,1,5-8H2,2-4H3. The van der Waals surface area contributed by atoms with E-state index in [9.17, 15) is 0 Å². The average Bonchev–Trinajstić information content (AvgIpc) is 2.03. The first-order valence-corrected chi connectivity index (χ1v) is 4.82. The van der Waals surface area contributed by atoms with Crippen molar-refractivity contribution in [3.8, 4) is 0 Å². The first kappa shape index (κ1) is 10.4. The molecule has 1 N–H and O–H groups in total. The summed E-state index contributed by atoms with van der Waals surface area (Å²) in [5.41, 5.74) is -0.137. The Bertz CT molecular complexity index is 178. The first-order valence-electron chi connectivity index (χ1n) is 4.82. The summed E-state index contributed by atoms with van der Waals surface area (Å²) < 4.78 is 5.68. The van der Waals surface area contributed by atoms with E-state index in [1.807, 2.05) is 20.8 Å². The SMILES string of the molecule is C=C(OC(C)(C)C)N1CCNCC1. The summed E-state index contributed by atoms with van der Waals surface area (Å²) in [6, 6.07) is 0. The minimum atomic E-state index is -0.137. The van der Waals surface area contributed by atoms with Crippen LogP contribution in [-0.2, 0) is 4.74 Å². The summed E-state index contributed by atoms with van der Waals surface area (Å²) >= 11 is 0. The van der Waals surface area contributed by atoms with Crippen LogP contribution < -0.4 is 5.32 Å². The lowest BCUT2D eigenvalue weighted by Crippen LogP contribution is -2.44. The van der Waals surface area contributed by atoms with Gasteiger partial charge in [0.25, 0.3) is 0 Å². The third-order valence-corrected chi connectivity index (χ3v) is 1.89. The van der Waals surface area contributed by atoms with E-state index in [-0.39, 0.29) is 5.60 Å². The summed E-state index contributed by atoms with van der Waals surface area (Å²) in [5.74, 6) is 0.800. The molecule has 0 aromatic rings. The second kappa shape index (κ2) is 4.01. The molecule has 1 aliphatic rings. The summed E-state index contributed by atoms with van der Waals surface area (Å²) in [6.45, 7) is 14.1. The number of hydrogen-bond donors (Lipinski definition) is 1. The van der Waals surface area contributed by atoms with Gasteiger partial charge < -0.3 is 15.0 Å². The highest BCUT2D eigenvalue weighted by atomic mass is 16.5. The van der Waals surface area contributed by atoms with Crippen LogP contribution in [0.3, 0.4) is 0 Å². The minimum absolute atomic E-state index is 0.137. The number of hydrogen-bond acceptors (Lipinski definition) is 3. The van der Waals surface area contributed by atoms with Gasteiger partial charge in [0.1, 0.15) is 5.60 Å². The zero-order chi connectivity index (χ0) is 9.90. The molecule has 1 rings (SSSR count). The van der Waals surface area contributed by atoms with Crippen LogP contribution in [0, 0.1) is 0 Å². The van der Waals surface area contributed by atoms with E-state index in [1.165, 1.54) is 0 Å². The maximum Gasteiger partial charge on any atom is 0.182 e. The van der Waals surface area contributed by atoms with Crippen molar-refractivity contribution in [2.24, 2.45) is 0 Å². The Kier molecular flexibility index (Phi) is 3.20. The van der Waals surface area contributed by atoms with Gasteiger partial charge in [-0.1, -0.05) is 0 Å². The number of piperazine rings is 1. The molecule has 0 aromatic carbocycles. The molecular formula is C10H20N2O. The number of ether oxygens (including phenoxy) is 1. The van der Waals surface area contributed by atoms with Crippen molar-refractivity contribution in [1.82, 2.24) is 10.2 Å². The molecular weight excluding hydrogens is 164 g/mol. The highest BCUT2D eigenvalue weighted by Gasteiger charge is 2.18. The highest BCUT2D eigenvalue weighted by Crippen LogP contribution is 2.15. The third kappa shape index (κ3) is 3.68. The van der Waals surface area contributed by atoms with Crippen molar-refractivity contribution >= 4 is 0 Å². The molecule has 0 saturated carbocycles. The molecule has 0 bridgehead atoms. The van der Waals surface area contributed by atoms with Gasteiger partial charge in [-0.3, -0.25) is 0 Å². The molecule has 76 valence electrons. The van der Waals surface area contributed by atoms with E-state index in [0.717, 1.165) is 32.1 Å². The summed E-state index contributed by atoms with van der Waals surface area (Å²) in [7, 11) is 0. The molecule has 0 aliphatic carbocycles. The third-order valence-electron chi connectivity index (χ3n) is 1.89. The van der Waals surface area contributed by atoms with Gasteiger partial charge in [-0.05, 0) is 27.4 Å². The normalized spacial score (nSPS) is 18.5. The van der Waals surface area contributed by atoms with Gasteiger partial charge in [0.15, 0.2) is 5.88 Å². The van der Waals surface area contributed by atoms with Crippen LogP contribution in [0.5, 0.6) is 0 Å². The molecule has 1 heterocycles. The van der Waals surface area contributed by atoms with Crippen LogP contribution in [0.25, 0.3) is 0 Å². The Morgan fingerprint density at radius 2 is 1.85 bits per heavy atom.